The van der Waals surface area contributed by atoms with Crippen LogP contribution >= 0.6 is 7.82 Å². The first-order chi connectivity index (χ1) is 16.8. The first-order valence-electron chi connectivity index (χ1n) is 13.9. The van der Waals surface area contributed by atoms with Crippen LogP contribution < -0.4 is 0 Å². The Morgan fingerprint density at radius 3 is 1.53 bits per heavy atom. The maximum Gasteiger partial charge on any atom is 0.469 e. The molecule has 0 aliphatic rings. The molecule has 0 aromatic carbocycles. The summed E-state index contributed by atoms with van der Waals surface area (Å²) < 4.78 is 15.1. The molecular weight excluding hydrogens is 481 g/mol. The molecule has 0 fully saturated rings. The molecule has 218 valence electrons. The van der Waals surface area contributed by atoms with Crippen molar-refractivity contribution in [2.75, 3.05) is 68.1 Å². The van der Waals surface area contributed by atoms with Gasteiger partial charge < -0.3 is 29.2 Å². The molecular formula is C26H59N3O6P+. The zero-order valence-corrected chi connectivity index (χ0v) is 25.2. The number of urea groups is 1. The summed E-state index contributed by atoms with van der Waals surface area (Å²) in [6.45, 7) is 4.16. The number of carbonyl (C=O) groups excluding carboxylic acids is 1. The molecule has 0 aliphatic heterocycles. The normalized spacial score (nSPS) is 11.7. The molecule has 36 heavy (non-hydrogen) atoms. The second-order valence-corrected chi connectivity index (χ2v) is 12.1. The van der Waals surface area contributed by atoms with Crippen molar-refractivity contribution in [2.45, 2.75) is 96.8 Å². The molecule has 3 N–H and O–H groups in total. The predicted octanol–water partition coefficient (Wildman–Crippen LogP) is 5.25. The average Bonchev–Trinajstić information content (AvgIpc) is 2.76. The highest BCUT2D eigenvalue weighted by molar-refractivity contribution is 7.46. The molecule has 9 nitrogen and oxygen atoms in total. The number of hydrogen-bond acceptors (Lipinski definition) is 4. The minimum absolute atomic E-state index is 0.00347. The number of aliphatic hydroxyl groups excluding tert-OH is 1. The smallest absolute Gasteiger partial charge is 0.395 e. The summed E-state index contributed by atoms with van der Waals surface area (Å²) in [5, 5.41) is 9.07. The van der Waals surface area contributed by atoms with Gasteiger partial charge in [0.2, 0.25) is 0 Å². The molecule has 0 atom stereocenters. The lowest BCUT2D eigenvalue weighted by Gasteiger charge is -2.25. The summed E-state index contributed by atoms with van der Waals surface area (Å²) in [6.07, 6.45) is 18.8. The third kappa shape index (κ3) is 29.5. The van der Waals surface area contributed by atoms with Gasteiger partial charge in [-0.25, -0.2) is 9.36 Å². The Balaban J connectivity index is 0. The van der Waals surface area contributed by atoms with E-state index in [4.69, 9.17) is 14.9 Å². The highest BCUT2D eigenvalue weighted by atomic mass is 31.2. The van der Waals surface area contributed by atoms with Gasteiger partial charge in [-0.3, -0.25) is 4.52 Å². The number of nitrogens with zero attached hydrogens (tertiary/aromatic N) is 3. The Bertz CT molecular complexity index is 552. The Hall–Kier alpha value is -0.700. The van der Waals surface area contributed by atoms with Crippen LogP contribution in [0.25, 0.3) is 0 Å². The van der Waals surface area contributed by atoms with Crippen molar-refractivity contribution >= 4 is 13.9 Å². The fraction of sp³-hybridized carbons (Fsp3) is 0.962. The molecule has 10 heteroatoms. The number of amides is 2. The Morgan fingerprint density at radius 2 is 1.19 bits per heavy atom. The Morgan fingerprint density at radius 1 is 0.778 bits per heavy atom. The molecule has 0 aliphatic carbocycles. The maximum absolute atomic E-state index is 11.9. The second kappa shape index (κ2) is 23.4. The second-order valence-electron chi connectivity index (χ2n) is 10.8. The summed E-state index contributed by atoms with van der Waals surface area (Å²) in [4.78, 5) is 31.9. The molecule has 0 bridgehead atoms. The fourth-order valence-electron chi connectivity index (χ4n) is 3.64. The largest absolute Gasteiger partial charge is 0.469 e. The number of aliphatic hydroxyl groups is 1. The standard InChI is InChI=1S/C21H44N2O2.C5H14NO4P/c1-4-5-6-7-8-9-10-11-12-13-14-15-16-17-18-23(19-20-24)21(25)22(2)3;1-6(2,3)4-5-10-11(7,8)9/h24H,4-20H2,1-3H3;4-5H2,1-3H3,(H-,7,8,9)/p+1. The van der Waals surface area contributed by atoms with Gasteiger partial charge in [-0.2, -0.15) is 0 Å². The molecule has 0 heterocycles. The van der Waals surface area contributed by atoms with E-state index in [1.165, 1.54) is 83.5 Å². The first kappa shape index (κ1) is 37.5. The van der Waals surface area contributed by atoms with E-state index >= 15 is 0 Å². The molecule has 0 saturated carbocycles. The molecule has 2 amide bonds. The van der Waals surface area contributed by atoms with Crippen LogP contribution in [0.1, 0.15) is 96.8 Å². The molecule has 0 spiro atoms. The lowest BCUT2D eigenvalue weighted by molar-refractivity contribution is -0.870. The minimum Gasteiger partial charge on any atom is -0.395 e. The molecule has 0 rings (SSSR count). The van der Waals surface area contributed by atoms with E-state index in [1.807, 2.05) is 21.1 Å². The van der Waals surface area contributed by atoms with E-state index < -0.39 is 7.82 Å². The van der Waals surface area contributed by atoms with Gasteiger partial charge in [-0.05, 0) is 6.42 Å². The van der Waals surface area contributed by atoms with Crippen molar-refractivity contribution in [1.29, 1.82) is 0 Å². The van der Waals surface area contributed by atoms with Crippen molar-refractivity contribution in [3.8, 4) is 0 Å². The van der Waals surface area contributed by atoms with Crippen LogP contribution in [-0.2, 0) is 9.09 Å². The third-order valence-corrected chi connectivity index (χ3v) is 6.35. The van der Waals surface area contributed by atoms with Crippen LogP contribution in [0.2, 0.25) is 0 Å². The lowest BCUT2D eigenvalue weighted by Crippen LogP contribution is -2.41. The van der Waals surface area contributed by atoms with Crippen molar-refractivity contribution in [3.05, 3.63) is 0 Å². The molecule has 0 radical (unpaired) electrons. The van der Waals surface area contributed by atoms with Crippen molar-refractivity contribution in [3.63, 3.8) is 0 Å². The van der Waals surface area contributed by atoms with E-state index in [1.54, 1.807) is 23.9 Å². The van der Waals surface area contributed by atoms with Gasteiger partial charge in [0.25, 0.3) is 0 Å². The quantitative estimate of drug-likeness (QED) is 0.104. The third-order valence-electron chi connectivity index (χ3n) is 5.83. The van der Waals surface area contributed by atoms with Crippen LogP contribution in [-0.4, -0.2) is 103 Å². The Labute approximate surface area is 222 Å². The van der Waals surface area contributed by atoms with Gasteiger partial charge in [0.1, 0.15) is 13.2 Å². The Kier molecular flexibility index (Phi) is 24.4. The molecule has 0 aromatic heterocycles. The van der Waals surface area contributed by atoms with Crippen LogP contribution in [0, 0.1) is 0 Å². The summed E-state index contributed by atoms with van der Waals surface area (Å²) in [5.41, 5.74) is 0. The lowest BCUT2D eigenvalue weighted by atomic mass is 10.0. The van der Waals surface area contributed by atoms with Crippen LogP contribution in [0.15, 0.2) is 0 Å². The van der Waals surface area contributed by atoms with Crippen molar-refractivity contribution < 1.29 is 33.3 Å². The highest BCUT2D eigenvalue weighted by Gasteiger charge is 2.16. The molecule has 0 saturated heterocycles. The van der Waals surface area contributed by atoms with E-state index in [2.05, 4.69) is 11.4 Å². The summed E-state index contributed by atoms with van der Waals surface area (Å²) in [6, 6.07) is 0.00347. The van der Waals surface area contributed by atoms with E-state index in [-0.39, 0.29) is 19.2 Å². The van der Waals surface area contributed by atoms with Gasteiger partial charge in [0.15, 0.2) is 0 Å². The molecule has 0 aromatic rings. The van der Waals surface area contributed by atoms with E-state index in [0.29, 0.717) is 17.6 Å². The maximum atomic E-state index is 11.9. The summed E-state index contributed by atoms with van der Waals surface area (Å²) in [5.74, 6) is 0. The number of hydrogen-bond donors (Lipinski definition) is 3. The van der Waals surface area contributed by atoms with E-state index in [9.17, 15) is 9.36 Å². The summed E-state index contributed by atoms with van der Waals surface area (Å²) >= 11 is 0. The van der Waals surface area contributed by atoms with Gasteiger partial charge >= 0.3 is 13.9 Å². The zero-order chi connectivity index (χ0) is 27.9. The van der Waals surface area contributed by atoms with Gasteiger partial charge in [0, 0.05) is 27.2 Å². The van der Waals surface area contributed by atoms with Crippen molar-refractivity contribution in [2.24, 2.45) is 0 Å². The SMILES string of the molecule is CCCCCCCCCCCCCCCCN(CCO)C(=O)N(C)C.C[N+](C)(C)CCOP(=O)(O)O. The van der Waals surface area contributed by atoms with Crippen LogP contribution in [0.5, 0.6) is 0 Å². The number of rotatable bonds is 21. The van der Waals surface area contributed by atoms with Crippen LogP contribution in [0.4, 0.5) is 4.79 Å². The summed E-state index contributed by atoms with van der Waals surface area (Å²) in [7, 11) is 5.02. The predicted molar refractivity (Wildman–Crippen MR) is 149 cm³/mol. The number of unbranched alkanes of at least 4 members (excludes halogenated alkanes) is 13. The average molecular weight is 541 g/mol. The fourth-order valence-corrected chi connectivity index (χ4v) is 3.96. The highest BCUT2D eigenvalue weighted by Crippen LogP contribution is 2.35. The monoisotopic (exact) mass is 540 g/mol. The van der Waals surface area contributed by atoms with Crippen LogP contribution in [0.3, 0.4) is 0 Å². The number of carbonyl (C=O) groups is 1. The van der Waals surface area contributed by atoms with Gasteiger partial charge in [0.05, 0.1) is 27.7 Å². The first-order valence-corrected chi connectivity index (χ1v) is 15.4. The topological polar surface area (TPSA) is 111 Å². The van der Waals surface area contributed by atoms with Crippen molar-refractivity contribution in [1.82, 2.24) is 9.80 Å². The number of quaternary nitrogens is 1. The number of phosphoric acid groups is 1. The molecule has 0 unspecified atom stereocenters. The minimum atomic E-state index is -4.26. The van der Waals surface area contributed by atoms with E-state index in [0.717, 1.165) is 13.0 Å². The van der Waals surface area contributed by atoms with Gasteiger partial charge in [-0.1, -0.05) is 90.4 Å². The number of likely N-dealkylation sites (N-methyl/N-ethyl adjacent to an activating group) is 1. The van der Waals surface area contributed by atoms with Gasteiger partial charge in [-0.15, -0.1) is 0 Å². The zero-order valence-electron chi connectivity index (χ0n) is 24.3. The number of phosphoric ester groups is 1.